The molecule has 30 heavy (non-hydrogen) atoms. The van der Waals surface area contributed by atoms with Crippen LogP contribution < -0.4 is 22.0 Å². The van der Waals surface area contributed by atoms with Gasteiger partial charge in [-0.25, -0.2) is 14.8 Å². The van der Waals surface area contributed by atoms with Gasteiger partial charge in [0.2, 0.25) is 11.8 Å². The molecule has 12 heteroatoms. The molecule has 0 radical (unpaired) electrons. The van der Waals surface area contributed by atoms with Gasteiger partial charge in [-0.1, -0.05) is 0 Å². The quantitative estimate of drug-likeness (QED) is 0.398. The van der Waals surface area contributed by atoms with E-state index < -0.39 is 5.69 Å². The van der Waals surface area contributed by atoms with Gasteiger partial charge in [-0.2, -0.15) is 19.6 Å². The van der Waals surface area contributed by atoms with Gasteiger partial charge in [0.25, 0.3) is 5.62 Å². The van der Waals surface area contributed by atoms with Gasteiger partial charge in [-0.3, -0.25) is 10.4 Å². The number of ether oxygens (including phenoxy) is 1. The number of anilines is 1. The lowest BCUT2D eigenvalue weighted by molar-refractivity contribution is 0.128. The molecule has 4 N–H and O–H groups in total. The molecule has 1 atom stereocenters. The maximum Gasteiger partial charge on any atom is 0.326 e. The first kappa shape index (κ1) is 18.8. The number of methoxy groups -OCH3 is 1. The van der Waals surface area contributed by atoms with Gasteiger partial charge in [0.05, 0.1) is 24.9 Å². The first-order chi connectivity index (χ1) is 14.6. The van der Waals surface area contributed by atoms with E-state index in [4.69, 9.17) is 4.74 Å². The van der Waals surface area contributed by atoms with Crippen molar-refractivity contribution < 1.29 is 9.84 Å². The number of hydrogen-bond acceptors (Lipinski definition) is 9. The summed E-state index contributed by atoms with van der Waals surface area (Å²) >= 11 is 0. The molecular formula is C18H23N9O3. The van der Waals surface area contributed by atoms with E-state index in [0.717, 1.165) is 32.2 Å². The van der Waals surface area contributed by atoms with Crippen LogP contribution >= 0.6 is 0 Å². The van der Waals surface area contributed by atoms with E-state index in [2.05, 4.69) is 40.5 Å². The Bertz CT molecular complexity index is 1240. The second kappa shape index (κ2) is 7.54. The third-order valence-corrected chi connectivity index (χ3v) is 5.24. The van der Waals surface area contributed by atoms with Gasteiger partial charge in [0, 0.05) is 18.9 Å². The molecule has 1 saturated carbocycles. The van der Waals surface area contributed by atoms with Crippen LogP contribution in [0.15, 0.2) is 16.0 Å². The SMILES string of the molecule is COC[C@@H]1CCCN1Nc1nc(=NC2CC2)n2nc/c(=C/c3[nH]c(=O)[nH]c3O)c2n1. The van der Waals surface area contributed by atoms with Crippen molar-refractivity contribution in [2.24, 2.45) is 4.99 Å². The minimum absolute atomic E-state index is 0.242. The van der Waals surface area contributed by atoms with E-state index in [1.165, 1.54) is 0 Å². The molecular weight excluding hydrogens is 390 g/mol. The Kier molecular flexibility index (Phi) is 4.71. The van der Waals surface area contributed by atoms with Crippen molar-refractivity contribution in [2.45, 2.75) is 37.8 Å². The van der Waals surface area contributed by atoms with Crippen LogP contribution in [0.5, 0.6) is 5.88 Å². The number of aromatic nitrogens is 6. The van der Waals surface area contributed by atoms with Gasteiger partial charge >= 0.3 is 5.69 Å². The Morgan fingerprint density at radius 2 is 2.23 bits per heavy atom. The molecule has 1 saturated heterocycles. The van der Waals surface area contributed by atoms with Gasteiger partial charge in [0.15, 0.2) is 5.65 Å². The molecule has 0 unspecified atom stereocenters. The monoisotopic (exact) mass is 413 g/mol. The molecule has 0 amide bonds. The lowest BCUT2D eigenvalue weighted by Crippen LogP contribution is -2.39. The third kappa shape index (κ3) is 3.66. The molecule has 158 valence electrons. The summed E-state index contributed by atoms with van der Waals surface area (Å²) in [6.07, 6.45) is 7.39. The Morgan fingerprint density at radius 1 is 1.37 bits per heavy atom. The number of H-pyrrole nitrogens is 2. The Hall–Kier alpha value is -3.25. The fraction of sp³-hybridized carbons (Fsp3) is 0.500. The number of aromatic hydroxyl groups is 1. The second-order valence-corrected chi connectivity index (χ2v) is 7.59. The Balaban J connectivity index is 1.60. The van der Waals surface area contributed by atoms with Crippen molar-refractivity contribution in [1.82, 2.24) is 34.6 Å². The topological polar surface area (TPSA) is 149 Å². The van der Waals surface area contributed by atoms with Gasteiger partial charge in [-0.15, -0.1) is 0 Å². The van der Waals surface area contributed by atoms with Crippen molar-refractivity contribution >= 4 is 17.7 Å². The summed E-state index contributed by atoms with van der Waals surface area (Å²) in [4.78, 5) is 30.2. The van der Waals surface area contributed by atoms with Crippen LogP contribution in [0.3, 0.4) is 0 Å². The summed E-state index contributed by atoms with van der Waals surface area (Å²) in [7, 11) is 1.70. The number of nitrogens with one attached hydrogen (secondary N) is 3. The molecule has 0 aromatic carbocycles. The Labute approximate surface area is 170 Å². The highest BCUT2D eigenvalue weighted by Crippen LogP contribution is 2.22. The highest BCUT2D eigenvalue weighted by atomic mass is 16.5. The van der Waals surface area contributed by atoms with E-state index in [1.807, 2.05) is 0 Å². The van der Waals surface area contributed by atoms with Gasteiger partial charge in [0.1, 0.15) is 5.69 Å². The van der Waals surface area contributed by atoms with Crippen molar-refractivity contribution in [3.8, 4) is 5.88 Å². The fourth-order valence-corrected chi connectivity index (χ4v) is 3.61. The molecule has 12 nitrogen and oxygen atoms in total. The minimum Gasteiger partial charge on any atom is -0.493 e. The molecule has 2 fully saturated rings. The van der Waals surface area contributed by atoms with E-state index in [-0.39, 0.29) is 23.7 Å². The zero-order valence-corrected chi connectivity index (χ0v) is 16.5. The number of aromatic amines is 2. The summed E-state index contributed by atoms with van der Waals surface area (Å²) in [5, 5.41) is 17.0. The summed E-state index contributed by atoms with van der Waals surface area (Å²) in [6.45, 7) is 1.49. The van der Waals surface area contributed by atoms with Crippen LogP contribution in [0.4, 0.5) is 5.95 Å². The van der Waals surface area contributed by atoms with E-state index >= 15 is 0 Å². The maximum absolute atomic E-state index is 11.4. The smallest absolute Gasteiger partial charge is 0.326 e. The molecule has 3 aromatic rings. The van der Waals surface area contributed by atoms with Crippen molar-refractivity contribution in [1.29, 1.82) is 0 Å². The van der Waals surface area contributed by atoms with Crippen molar-refractivity contribution in [3.05, 3.63) is 33.2 Å². The molecule has 1 aliphatic heterocycles. The molecule has 4 heterocycles. The standard InChI is InChI=1S/C18H23N9O3/c1-30-9-12-3-2-6-26(12)25-16-22-14-10(7-13-15(28)23-18(29)21-13)8-19-27(14)17(24-16)20-11-4-5-11/h7-8,11-12,28H,2-6,9H2,1H3,(H,20,24,25)(H2,21,23,29)/b10-7-/t12-/m0/s1. The zero-order chi connectivity index (χ0) is 20.7. The lowest BCUT2D eigenvalue weighted by Gasteiger charge is -2.24. The predicted octanol–water partition coefficient (Wildman–Crippen LogP) is -1.11. The molecule has 1 aliphatic carbocycles. The molecule has 0 bridgehead atoms. The molecule has 2 aliphatic rings. The first-order valence-electron chi connectivity index (χ1n) is 9.95. The number of hydrogen-bond donors (Lipinski definition) is 4. The average molecular weight is 413 g/mol. The molecule has 0 spiro atoms. The van der Waals surface area contributed by atoms with Gasteiger partial charge < -0.3 is 14.8 Å². The number of hydrazine groups is 1. The number of rotatable bonds is 6. The summed E-state index contributed by atoms with van der Waals surface area (Å²) in [5.74, 6) is 0.181. The van der Waals surface area contributed by atoms with Crippen LogP contribution in [0.2, 0.25) is 0 Å². The van der Waals surface area contributed by atoms with Crippen LogP contribution in [0.25, 0.3) is 11.7 Å². The molecule has 5 rings (SSSR count). The Morgan fingerprint density at radius 3 is 2.97 bits per heavy atom. The normalized spacial score (nSPS) is 21.2. The maximum atomic E-state index is 11.4. The van der Waals surface area contributed by atoms with Crippen LogP contribution in [0, 0.1) is 0 Å². The number of nitrogens with zero attached hydrogens (tertiary/aromatic N) is 6. The van der Waals surface area contributed by atoms with Crippen molar-refractivity contribution in [3.63, 3.8) is 0 Å². The fourth-order valence-electron chi connectivity index (χ4n) is 3.61. The van der Waals surface area contributed by atoms with E-state index in [9.17, 15) is 9.90 Å². The highest BCUT2D eigenvalue weighted by molar-refractivity contribution is 5.57. The van der Waals surface area contributed by atoms with Gasteiger partial charge in [-0.05, 0) is 31.8 Å². The largest absolute Gasteiger partial charge is 0.493 e. The van der Waals surface area contributed by atoms with E-state index in [1.54, 1.807) is 23.9 Å². The summed E-state index contributed by atoms with van der Waals surface area (Å²) < 4.78 is 6.90. The average Bonchev–Trinajstić information content (AvgIpc) is 3.12. The molecule has 3 aromatic heterocycles. The van der Waals surface area contributed by atoms with Crippen molar-refractivity contribution in [2.75, 3.05) is 25.7 Å². The summed E-state index contributed by atoms with van der Waals surface area (Å²) in [6, 6.07) is 0.502. The zero-order valence-electron chi connectivity index (χ0n) is 16.5. The minimum atomic E-state index is -0.491. The number of imidazole rings is 1. The van der Waals surface area contributed by atoms with Crippen LogP contribution in [-0.4, -0.2) is 72.0 Å². The predicted molar refractivity (Wildman–Crippen MR) is 106 cm³/mol. The lowest BCUT2D eigenvalue weighted by atomic mass is 10.2. The van der Waals surface area contributed by atoms with Crippen LogP contribution in [0.1, 0.15) is 31.4 Å². The van der Waals surface area contributed by atoms with E-state index in [0.29, 0.717) is 29.0 Å². The summed E-state index contributed by atoms with van der Waals surface area (Å²) in [5.41, 5.74) is 4.06. The second-order valence-electron chi connectivity index (χ2n) is 7.59. The first-order valence-corrected chi connectivity index (χ1v) is 9.95. The third-order valence-electron chi connectivity index (χ3n) is 5.24. The number of fused-ring (bicyclic) bond motifs is 1. The highest BCUT2D eigenvalue weighted by Gasteiger charge is 2.26. The van der Waals surface area contributed by atoms with Crippen LogP contribution in [-0.2, 0) is 4.74 Å².